The van der Waals surface area contributed by atoms with Crippen molar-refractivity contribution in [2.45, 2.75) is 19.4 Å². The van der Waals surface area contributed by atoms with Crippen molar-refractivity contribution in [3.05, 3.63) is 22.4 Å². The highest BCUT2D eigenvalue weighted by molar-refractivity contribution is 7.08. The number of carbonyl (C=O) groups excluding carboxylic acids is 1. The molecule has 1 aromatic heterocycles. The van der Waals surface area contributed by atoms with Crippen LogP contribution in [0.2, 0.25) is 0 Å². The van der Waals surface area contributed by atoms with Crippen LogP contribution in [0.25, 0.3) is 0 Å². The lowest BCUT2D eigenvalue weighted by Gasteiger charge is -2.00. The molecule has 2 N–H and O–H groups in total. The number of carbonyl (C=O) groups is 1. The molecular formula is C8H11NOS. The Morgan fingerprint density at radius 2 is 2.55 bits per heavy atom. The number of thiophene rings is 1. The molecule has 0 aliphatic carbocycles. The van der Waals surface area contributed by atoms with E-state index in [9.17, 15) is 4.79 Å². The van der Waals surface area contributed by atoms with E-state index in [1.54, 1.807) is 0 Å². The Morgan fingerprint density at radius 3 is 3.00 bits per heavy atom. The summed E-state index contributed by atoms with van der Waals surface area (Å²) >= 11 is 1.53. The van der Waals surface area contributed by atoms with Crippen molar-refractivity contribution < 1.29 is 4.79 Å². The minimum atomic E-state index is -0.0394. The van der Waals surface area contributed by atoms with Gasteiger partial charge < -0.3 is 5.73 Å². The van der Waals surface area contributed by atoms with Crippen molar-refractivity contribution in [2.75, 3.05) is 0 Å². The molecule has 0 radical (unpaired) electrons. The lowest BCUT2D eigenvalue weighted by atomic mass is 10.1. The first-order chi connectivity index (χ1) is 5.20. The van der Waals surface area contributed by atoms with E-state index in [0.29, 0.717) is 6.42 Å². The van der Waals surface area contributed by atoms with Crippen LogP contribution in [-0.4, -0.2) is 11.8 Å². The van der Waals surface area contributed by atoms with E-state index >= 15 is 0 Å². The Bertz CT molecular complexity index is 228. The summed E-state index contributed by atoms with van der Waals surface area (Å²) in [5, 5.41) is 3.75. The van der Waals surface area contributed by atoms with Gasteiger partial charge in [0.1, 0.15) is 0 Å². The highest BCUT2D eigenvalue weighted by Gasteiger charge is 2.07. The molecule has 0 amide bonds. The van der Waals surface area contributed by atoms with Gasteiger partial charge in [-0.15, -0.1) is 0 Å². The zero-order chi connectivity index (χ0) is 8.27. The lowest BCUT2D eigenvalue weighted by Crippen LogP contribution is -2.19. The first-order valence-electron chi connectivity index (χ1n) is 3.51. The van der Waals surface area contributed by atoms with Crippen molar-refractivity contribution in [1.82, 2.24) is 0 Å². The molecule has 0 saturated heterocycles. The molecule has 1 heterocycles. The summed E-state index contributed by atoms with van der Waals surface area (Å²) < 4.78 is 0. The molecule has 0 aromatic carbocycles. The highest BCUT2D eigenvalue weighted by Crippen LogP contribution is 2.09. The summed E-state index contributed by atoms with van der Waals surface area (Å²) in [5.74, 6) is 0.140. The summed E-state index contributed by atoms with van der Waals surface area (Å²) in [7, 11) is 0. The monoisotopic (exact) mass is 169 g/mol. The largest absolute Gasteiger partial charge is 0.328 e. The van der Waals surface area contributed by atoms with E-state index in [-0.39, 0.29) is 11.8 Å². The molecule has 1 atom stereocenters. The predicted octanol–water partition coefficient (Wildman–Crippen LogP) is 1.67. The molecule has 0 aliphatic heterocycles. The van der Waals surface area contributed by atoms with Gasteiger partial charge >= 0.3 is 0 Å². The Morgan fingerprint density at radius 1 is 1.82 bits per heavy atom. The third-order valence-corrected chi connectivity index (χ3v) is 2.03. The van der Waals surface area contributed by atoms with Gasteiger partial charge in [0.15, 0.2) is 5.78 Å². The summed E-state index contributed by atoms with van der Waals surface area (Å²) in [6.45, 7) is 1.84. The maximum absolute atomic E-state index is 11.2. The Labute approximate surface area is 70.0 Å². The minimum Gasteiger partial charge on any atom is -0.328 e. The topological polar surface area (TPSA) is 43.1 Å². The molecule has 0 unspecified atom stereocenters. The van der Waals surface area contributed by atoms with Gasteiger partial charge in [-0.05, 0) is 18.4 Å². The van der Waals surface area contributed by atoms with Gasteiger partial charge in [-0.3, -0.25) is 4.79 Å². The predicted molar refractivity (Wildman–Crippen MR) is 46.9 cm³/mol. The van der Waals surface area contributed by atoms with Crippen molar-refractivity contribution in [1.29, 1.82) is 0 Å². The third kappa shape index (κ3) is 2.44. The molecule has 1 rings (SSSR count). The molecule has 3 heteroatoms. The number of hydrogen-bond donors (Lipinski definition) is 1. The average Bonchev–Trinajstić information content (AvgIpc) is 2.35. The molecule has 0 spiro atoms. The molecule has 0 fully saturated rings. The van der Waals surface area contributed by atoms with Crippen LogP contribution in [0, 0.1) is 0 Å². The number of Topliss-reactive ketones (excluding diaryl/α,β-unsaturated/α-hetero) is 1. The fourth-order valence-electron chi connectivity index (χ4n) is 0.833. The van der Waals surface area contributed by atoms with Crippen LogP contribution in [0.4, 0.5) is 0 Å². The number of hydrogen-bond acceptors (Lipinski definition) is 3. The van der Waals surface area contributed by atoms with Gasteiger partial charge in [0.05, 0.1) is 0 Å². The maximum Gasteiger partial charge on any atom is 0.165 e. The molecule has 60 valence electrons. The summed E-state index contributed by atoms with van der Waals surface area (Å²) in [5.41, 5.74) is 6.27. The van der Waals surface area contributed by atoms with Crippen LogP contribution in [0.5, 0.6) is 0 Å². The first-order valence-corrected chi connectivity index (χ1v) is 4.45. The smallest absolute Gasteiger partial charge is 0.165 e. The molecule has 0 saturated carbocycles. The Hall–Kier alpha value is -0.670. The normalized spacial score (nSPS) is 12.9. The van der Waals surface area contributed by atoms with Gasteiger partial charge in [-0.2, -0.15) is 11.3 Å². The van der Waals surface area contributed by atoms with Crippen LogP contribution in [-0.2, 0) is 0 Å². The number of nitrogens with two attached hydrogens (primary N) is 1. The summed E-state index contributed by atoms with van der Waals surface area (Å²) in [6.07, 6.45) is 0.441. The third-order valence-electron chi connectivity index (χ3n) is 1.35. The zero-order valence-electron chi connectivity index (χ0n) is 6.41. The minimum absolute atomic E-state index is 0.0394. The van der Waals surface area contributed by atoms with E-state index in [0.717, 1.165) is 5.56 Å². The Kier molecular flexibility index (Phi) is 2.79. The lowest BCUT2D eigenvalue weighted by molar-refractivity contribution is 0.0977. The van der Waals surface area contributed by atoms with Gasteiger partial charge in [0.25, 0.3) is 0 Å². The Balaban J connectivity index is 2.57. The first kappa shape index (κ1) is 8.43. The van der Waals surface area contributed by atoms with Gasteiger partial charge in [0.2, 0.25) is 0 Å². The van der Waals surface area contributed by atoms with E-state index in [1.807, 2.05) is 23.8 Å². The van der Waals surface area contributed by atoms with Crippen LogP contribution >= 0.6 is 11.3 Å². The SMILES string of the molecule is C[C@@H](N)CC(=O)c1ccsc1. The van der Waals surface area contributed by atoms with Crippen LogP contribution in [0.15, 0.2) is 16.8 Å². The number of ketones is 1. The van der Waals surface area contributed by atoms with Gasteiger partial charge in [-0.25, -0.2) is 0 Å². The van der Waals surface area contributed by atoms with E-state index in [4.69, 9.17) is 5.73 Å². The van der Waals surface area contributed by atoms with Crippen molar-refractivity contribution in [2.24, 2.45) is 5.73 Å². The van der Waals surface area contributed by atoms with Crippen LogP contribution in [0.1, 0.15) is 23.7 Å². The van der Waals surface area contributed by atoms with E-state index in [2.05, 4.69) is 0 Å². The molecule has 0 aliphatic rings. The molecule has 1 aromatic rings. The molecule has 0 bridgehead atoms. The fraction of sp³-hybridized carbons (Fsp3) is 0.375. The highest BCUT2D eigenvalue weighted by atomic mass is 32.1. The van der Waals surface area contributed by atoms with Gasteiger partial charge in [-0.1, -0.05) is 0 Å². The molecular weight excluding hydrogens is 158 g/mol. The standard InChI is InChI=1S/C8H11NOS/c1-6(9)4-8(10)7-2-3-11-5-7/h2-3,5-6H,4,9H2,1H3/t6-/m1/s1. The molecule has 2 nitrogen and oxygen atoms in total. The summed E-state index contributed by atoms with van der Waals surface area (Å²) in [4.78, 5) is 11.2. The van der Waals surface area contributed by atoms with Crippen LogP contribution < -0.4 is 5.73 Å². The van der Waals surface area contributed by atoms with Gasteiger partial charge in [0, 0.05) is 23.4 Å². The van der Waals surface area contributed by atoms with E-state index in [1.165, 1.54) is 11.3 Å². The summed E-state index contributed by atoms with van der Waals surface area (Å²) in [6, 6.07) is 1.79. The second-order valence-electron chi connectivity index (χ2n) is 2.62. The second kappa shape index (κ2) is 3.64. The number of rotatable bonds is 3. The average molecular weight is 169 g/mol. The maximum atomic E-state index is 11.2. The van der Waals surface area contributed by atoms with Crippen molar-refractivity contribution in [3.63, 3.8) is 0 Å². The van der Waals surface area contributed by atoms with Crippen molar-refractivity contribution >= 4 is 17.1 Å². The van der Waals surface area contributed by atoms with Crippen LogP contribution in [0.3, 0.4) is 0 Å². The second-order valence-corrected chi connectivity index (χ2v) is 3.40. The zero-order valence-corrected chi connectivity index (χ0v) is 7.23. The van der Waals surface area contributed by atoms with E-state index < -0.39 is 0 Å². The molecule has 11 heavy (non-hydrogen) atoms. The quantitative estimate of drug-likeness (QED) is 0.699. The van der Waals surface area contributed by atoms with Crippen molar-refractivity contribution in [3.8, 4) is 0 Å². The fourth-order valence-corrected chi connectivity index (χ4v) is 1.49.